The number of benzene rings is 10. The highest BCUT2D eigenvalue weighted by Crippen LogP contribution is 2.52. The van der Waals surface area contributed by atoms with Gasteiger partial charge in [-0.05, 0) is 127 Å². The highest BCUT2D eigenvalue weighted by Gasteiger charge is 2.37. The van der Waals surface area contributed by atoms with Gasteiger partial charge >= 0.3 is 0 Å². The number of hydrogen-bond acceptors (Lipinski definition) is 2. The Morgan fingerprint density at radius 3 is 1.75 bits per heavy atom. The van der Waals surface area contributed by atoms with Gasteiger partial charge in [-0.15, -0.1) is 11.3 Å². The third-order valence-electron chi connectivity index (χ3n) is 13.3. The number of fused-ring (bicyclic) bond motifs is 7. The summed E-state index contributed by atoms with van der Waals surface area (Å²) >= 11 is 1.86. The summed E-state index contributed by atoms with van der Waals surface area (Å²) in [4.78, 5) is 2.43. The molecule has 0 unspecified atom stereocenters. The predicted molar refractivity (Wildman–Crippen MR) is 271 cm³/mol. The van der Waals surface area contributed by atoms with Crippen LogP contribution in [0, 0.1) is 0 Å². The molecule has 0 saturated heterocycles. The van der Waals surface area contributed by atoms with Crippen molar-refractivity contribution in [3.05, 3.63) is 236 Å². The predicted octanol–water partition coefficient (Wildman–Crippen LogP) is 17.7. The van der Waals surface area contributed by atoms with E-state index in [0.29, 0.717) is 0 Å². The Morgan fingerprint density at radius 2 is 0.905 bits per heavy atom. The molecule has 0 spiro atoms. The van der Waals surface area contributed by atoms with E-state index >= 15 is 0 Å². The number of thiophene rings is 1. The first-order valence-electron chi connectivity index (χ1n) is 21.8. The van der Waals surface area contributed by atoms with Gasteiger partial charge in [0, 0.05) is 42.5 Å². The standard InChI is InChI=1S/C61H43NS/c1-61(2)56-25-8-5-20-52(56)54-24-13-23-51(60(54)61)42-30-35-47(36-31-42)62(57-26-9-6-19-50(57)45-32-37-59-55(39-45)53-21-7-10-27-58(53)63-59)46-33-28-40(29-34-46)43-16-11-17-44(38-43)49-22-12-15-41-14-3-4-18-48(41)49/h3-39H,1-2H3. The molecule has 1 aliphatic carbocycles. The molecule has 10 aromatic carbocycles. The van der Waals surface area contributed by atoms with E-state index in [9.17, 15) is 0 Å². The zero-order valence-electron chi connectivity index (χ0n) is 35.2. The average Bonchev–Trinajstić information content (AvgIpc) is 3.83. The lowest BCUT2D eigenvalue weighted by Crippen LogP contribution is -2.16. The molecule has 1 aromatic heterocycles. The molecule has 0 amide bonds. The maximum Gasteiger partial charge on any atom is 0.0540 e. The van der Waals surface area contributed by atoms with Gasteiger partial charge in [-0.25, -0.2) is 0 Å². The van der Waals surface area contributed by atoms with Crippen molar-refractivity contribution in [3.8, 4) is 55.6 Å². The van der Waals surface area contributed by atoms with E-state index in [1.807, 2.05) is 11.3 Å². The van der Waals surface area contributed by atoms with Crippen molar-refractivity contribution in [2.24, 2.45) is 0 Å². The Morgan fingerprint density at radius 1 is 0.349 bits per heavy atom. The lowest BCUT2D eigenvalue weighted by atomic mass is 9.79. The Balaban J connectivity index is 0.973. The summed E-state index contributed by atoms with van der Waals surface area (Å²) in [5.74, 6) is 0. The molecular weight excluding hydrogens is 779 g/mol. The molecule has 0 saturated carbocycles. The van der Waals surface area contributed by atoms with Gasteiger partial charge in [-0.3, -0.25) is 0 Å². The fourth-order valence-electron chi connectivity index (χ4n) is 10.3. The minimum atomic E-state index is -0.100. The second kappa shape index (κ2) is 14.8. The van der Waals surface area contributed by atoms with Crippen LogP contribution < -0.4 is 4.90 Å². The average molecular weight is 822 g/mol. The Labute approximate surface area is 372 Å². The largest absolute Gasteiger partial charge is 0.310 e. The Bertz CT molecular complexity index is 3530. The van der Waals surface area contributed by atoms with Crippen molar-refractivity contribution in [1.82, 2.24) is 0 Å². The maximum absolute atomic E-state index is 2.43. The van der Waals surface area contributed by atoms with Crippen LogP contribution in [0.25, 0.3) is 86.6 Å². The maximum atomic E-state index is 2.43. The Hall–Kier alpha value is -7.52. The molecule has 1 nitrogen and oxygen atoms in total. The molecular formula is C61H43NS. The van der Waals surface area contributed by atoms with Crippen molar-refractivity contribution in [2.75, 3.05) is 4.90 Å². The van der Waals surface area contributed by atoms with Crippen LogP contribution in [0.4, 0.5) is 17.1 Å². The molecule has 0 fully saturated rings. The molecule has 0 N–H and O–H groups in total. The summed E-state index contributed by atoms with van der Waals surface area (Å²) in [5, 5.41) is 5.13. The van der Waals surface area contributed by atoms with Crippen molar-refractivity contribution < 1.29 is 0 Å². The number of rotatable bonds is 7. The minimum absolute atomic E-state index is 0.100. The zero-order valence-corrected chi connectivity index (χ0v) is 36.0. The van der Waals surface area contributed by atoms with Gasteiger partial charge in [0.05, 0.1) is 5.69 Å². The van der Waals surface area contributed by atoms with E-state index in [1.54, 1.807) is 0 Å². The van der Waals surface area contributed by atoms with Crippen LogP contribution in [0.3, 0.4) is 0 Å². The van der Waals surface area contributed by atoms with Crippen LogP contribution >= 0.6 is 11.3 Å². The number of hydrogen-bond donors (Lipinski definition) is 0. The van der Waals surface area contributed by atoms with Gasteiger partial charge in [-0.1, -0.05) is 184 Å². The number of para-hydroxylation sites is 1. The van der Waals surface area contributed by atoms with E-state index < -0.39 is 0 Å². The van der Waals surface area contributed by atoms with Crippen LogP contribution in [0.5, 0.6) is 0 Å². The molecule has 298 valence electrons. The third-order valence-corrected chi connectivity index (χ3v) is 14.4. The molecule has 0 radical (unpaired) electrons. The van der Waals surface area contributed by atoms with Gasteiger partial charge in [0.15, 0.2) is 0 Å². The molecule has 2 heteroatoms. The fraction of sp³-hybridized carbons (Fsp3) is 0.0492. The Kier molecular flexibility index (Phi) is 8.77. The van der Waals surface area contributed by atoms with Crippen molar-refractivity contribution >= 4 is 59.3 Å². The van der Waals surface area contributed by atoms with Crippen LogP contribution in [0.2, 0.25) is 0 Å². The van der Waals surface area contributed by atoms with E-state index in [2.05, 4.69) is 243 Å². The molecule has 1 aliphatic rings. The summed E-state index contributed by atoms with van der Waals surface area (Å²) in [7, 11) is 0. The molecule has 0 atom stereocenters. The van der Waals surface area contributed by atoms with Gasteiger partial charge in [0.2, 0.25) is 0 Å². The van der Waals surface area contributed by atoms with Gasteiger partial charge in [0.1, 0.15) is 0 Å². The first kappa shape index (κ1) is 37.3. The lowest BCUT2D eigenvalue weighted by Gasteiger charge is -2.29. The SMILES string of the molecule is CC1(C)c2ccccc2-c2cccc(-c3ccc(N(c4ccc(-c5cccc(-c6cccc7ccccc67)c5)cc4)c4ccccc4-c4ccc5sc6ccccc6c5c4)cc3)c21. The molecule has 1 heterocycles. The monoisotopic (exact) mass is 821 g/mol. The van der Waals surface area contributed by atoms with Crippen LogP contribution in [-0.4, -0.2) is 0 Å². The molecule has 11 aromatic rings. The molecule has 0 aliphatic heterocycles. The van der Waals surface area contributed by atoms with Gasteiger partial charge < -0.3 is 4.90 Å². The highest BCUT2D eigenvalue weighted by molar-refractivity contribution is 7.25. The van der Waals surface area contributed by atoms with Crippen LogP contribution in [-0.2, 0) is 5.41 Å². The van der Waals surface area contributed by atoms with Crippen LogP contribution in [0.15, 0.2) is 224 Å². The first-order valence-corrected chi connectivity index (χ1v) is 22.6. The van der Waals surface area contributed by atoms with E-state index in [1.165, 1.54) is 97.7 Å². The summed E-state index contributed by atoms with van der Waals surface area (Å²) < 4.78 is 2.63. The number of nitrogens with zero attached hydrogens (tertiary/aromatic N) is 1. The smallest absolute Gasteiger partial charge is 0.0540 e. The summed E-state index contributed by atoms with van der Waals surface area (Å²) in [6.07, 6.45) is 0. The van der Waals surface area contributed by atoms with Crippen molar-refractivity contribution in [1.29, 1.82) is 0 Å². The van der Waals surface area contributed by atoms with Crippen LogP contribution in [0.1, 0.15) is 25.0 Å². The zero-order chi connectivity index (χ0) is 42.1. The highest BCUT2D eigenvalue weighted by atomic mass is 32.1. The van der Waals surface area contributed by atoms with E-state index in [-0.39, 0.29) is 5.41 Å². The molecule has 12 rings (SSSR count). The second-order valence-corrected chi connectivity index (χ2v) is 18.3. The van der Waals surface area contributed by atoms with Gasteiger partial charge in [-0.2, -0.15) is 0 Å². The quantitative estimate of drug-likeness (QED) is 0.155. The van der Waals surface area contributed by atoms with Crippen molar-refractivity contribution in [3.63, 3.8) is 0 Å². The normalized spacial score (nSPS) is 12.7. The summed E-state index contributed by atoms with van der Waals surface area (Å²) in [6, 6.07) is 82.8. The van der Waals surface area contributed by atoms with Gasteiger partial charge in [0.25, 0.3) is 0 Å². The minimum Gasteiger partial charge on any atom is -0.310 e. The topological polar surface area (TPSA) is 3.24 Å². The molecule has 0 bridgehead atoms. The third kappa shape index (κ3) is 6.21. The fourth-order valence-corrected chi connectivity index (χ4v) is 11.3. The number of anilines is 3. The van der Waals surface area contributed by atoms with Crippen molar-refractivity contribution in [2.45, 2.75) is 19.3 Å². The first-order chi connectivity index (χ1) is 31.0. The lowest BCUT2D eigenvalue weighted by molar-refractivity contribution is 0.662. The summed E-state index contributed by atoms with van der Waals surface area (Å²) in [5.41, 5.74) is 18.5. The van der Waals surface area contributed by atoms with E-state index in [4.69, 9.17) is 0 Å². The summed E-state index contributed by atoms with van der Waals surface area (Å²) in [6.45, 7) is 4.74. The molecule has 63 heavy (non-hydrogen) atoms. The second-order valence-electron chi connectivity index (χ2n) is 17.3. The van der Waals surface area contributed by atoms with E-state index in [0.717, 1.165) is 17.1 Å².